The van der Waals surface area contributed by atoms with E-state index in [0.29, 0.717) is 6.42 Å². The number of phenols is 1. The van der Waals surface area contributed by atoms with E-state index >= 15 is 0 Å². The van der Waals surface area contributed by atoms with Crippen molar-refractivity contribution in [3.8, 4) is 5.75 Å². The van der Waals surface area contributed by atoms with Crippen LogP contribution in [-0.2, 0) is 22.4 Å². The molecule has 16 heavy (non-hydrogen) atoms. The van der Waals surface area contributed by atoms with Crippen molar-refractivity contribution >= 4 is 5.97 Å². The van der Waals surface area contributed by atoms with E-state index in [4.69, 9.17) is 0 Å². The number of allylic oxidation sites excluding steroid dienone is 1. The number of methoxy groups -OCH3 is 1. The first kappa shape index (κ1) is 12.3. The molecule has 1 aromatic rings. The average Bonchev–Trinajstić information content (AvgIpc) is 2.21. The molecular formula is C13H16O3. The van der Waals surface area contributed by atoms with Crippen LogP contribution in [0.3, 0.4) is 0 Å². The number of hydrogen-bond acceptors (Lipinski definition) is 3. The van der Waals surface area contributed by atoms with Crippen molar-refractivity contribution in [1.82, 2.24) is 0 Å². The van der Waals surface area contributed by atoms with E-state index in [9.17, 15) is 9.90 Å². The molecular weight excluding hydrogens is 204 g/mol. The van der Waals surface area contributed by atoms with Crippen LogP contribution in [0.1, 0.15) is 18.1 Å². The smallest absolute Gasteiger partial charge is 0.309 e. The van der Waals surface area contributed by atoms with Gasteiger partial charge in [-0.1, -0.05) is 24.3 Å². The first-order chi connectivity index (χ1) is 7.52. The third-order valence-electron chi connectivity index (χ3n) is 2.22. The number of carbonyl (C=O) groups is 1. The van der Waals surface area contributed by atoms with Gasteiger partial charge in [0, 0.05) is 0 Å². The van der Waals surface area contributed by atoms with Gasteiger partial charge >= 0.3 is 5.97 Å². The highest BCUT2D eigenvalue weighted by Gasteiger charge is 2.06. The van der Waals surface area contributed by atoms with Gasteiger partial charge in [-0.3, -0.25) is 4.79 Å². The normalized spacial score (nSPS) is 9.88. The largest absolute Gasteiger partial charge is 0.508 e. The van der Waals surface area contributed by atoms with Gasteiger partial charge in [-0.2, -0.15) is 0 Å². The zero-order valence-corrected chi connectivity index (χ0v) is 9.62. The van der Waals surface area contributed by atoms with E-state index in [2.05, 4.69) is 11.3 Å². The predicted molar refractivity (Wildman–Crippen MR) is 62.3 cm³/mol. The summed E-state index contributed by atoms with van der Waals surface area (Å²) < 4.78 is 4.55. The minimum absolute atomic E-state index is 0.178. The summed E-state index contributed by atoms with van der Waals surface area (Å²) in [4.78, 5) is 11.0. The molecule has 0 radical (unpaired) electrons. The van der Waals surface area contributed by atoms with Crippen LogP contribution in [0.25, 0.3) is 0 Å². The number of rotatable bonds is 4. The van der Waals surface area contributed by atoms with E-state index in [-0.39, 0.29) is 18.1 Å². The van der Waals surface area contributed by atoms with Gasteiger partial charge in [0.2, 0.25) is 0 Å². The fourth-order valence-corrected chi connectivity index (χ4v) is 1.43. The lowest BCUT2D eigenvalue weighted by molar-refractivity contribution is -0.139. The van der Waals surface area contributed by atoms with Crippen molar-refractivity contribution in [2.75, 3.05) is 7.11 Å². The first-order valence-corrected chi connectivity index (χ1v) is 5.05. The van der Waals surface area contributed by atoms with E-state index < -0.39 is 0 Å². The molecule has 0 aromatic heterocycles. The van der Waals surface area contributed by atoms with Gasteiger partial charge in [-0.15, -0.1) is 0 Å². The molecule has 0 spiro atoms. The molecule has 86 valence electrons. The second-order valence-electron chi connectivity index (χ2n) is 3.85. The summed E-state index contributed by atoms with van der Waals surface area (Å²) in [6.45, 7) is 5.69. The Morgan fingerprint density at radius 3 is 2.62 bits per heavy atom. The molecule has 0 heterocycles. The van der Waals surface area contributed by atoms with Gasteiger partial charge in [-0.25, -0.2) is 0 Å². The number of phenolic OH excluding ortho intramolecular Hbond substituents is 1. The number of aromatic hydroxyl groups is 1. The Bertz CT molecular complexity index is 408. The minimum Gasteiger partial charge on any atom is -0.508 e. The van der Waals surface area contributed by atoms with Crippen LogP contribution in [-0.4, -0.2) is 18.2 Å². The number of esters is 1. The zero-order valence-electron chi connectivity index (χ0n) is 9.62. The third-order valence-corrected chi connectivity index (χ3v) is 2.22. The fraction of sp³-hybridized carbons (Fsp3) is 0.308. The van der Waals surface area contributed by atoms with Crippen molar-refractivity contribution in [3.05, 3.63) is 41.5 Å². The molecule has 0 bridgehead atoms. The third kappa shape index (κ3) is 3.42. The molecule has 0 saturated heterocycles. The summed E-state index contributed by atoms with van der Waals surface area (Å²) in [6, 6.07) is 5.21. The van der Waals surface area contributed by atoms with Crippen LogP contribution in [0.15, 0.2) is 30.4 Å². The van der Waals surface area contributed by atoms with Crippen LogP contribution in [0.2, 0.25) is 0 Å². The molecule has 1 N–H and O–H groups in total. The Hall–Kier alpha value is -1.77. The maximum Gasteiger partial charge on any atom is 0.309 e. The van der Waals surface area contributed by atoms with Crippen LogP contribution in [0.5, 0.6) is 5.75 Å². The van der Waals surface area contributed by atoms with E-state index in [1.54, 1.807) is 6.07 Å². The topological polar surface area (TPSA) is 46.5 Å². The van der Waals surface area contributed by atoms with Crippen molar-refractivity contribution in [2.24, 2.45) is 0 Å². The molecule has 3 heteroatoms. The summed E-state index contributed by atoms with van der Waals surface area (Å²) >= 11 is 0. The number of benzene rings is 1. The maximum absolute atomic E-state index is 11.0. The highest BCUT2D eigenvalue weighted by atomic mass is 16.5. The summed E-state index contributed by atoms with van der Waals surface area (Å²) in [7, 11) is 1.34. The zero-order chi connectivity index (χ0) is 12.1. The lowest BCUT2D eigenvalue weighted by atomic mass is 10.0. The lowest BCUT2D eigenvalue weighted by Crippen LogP contribution is -2.04. The number of carbonyl (C=O) groups excluding carboxylic acids is 1. The summed E-state index contributed by atoms with van der Waals surface area (Å²) in [6.07, 6.45) is 0.821. The number of hydrogen-bond donors (Lipinski definition) is 1. The summed E-state index contributed by atoms with van der Waals surface area (Å²) in [5, 5.41) is 9.73. The minimum atomic E-state index is -0.313. The quantitative estimate of drug-likeness (QED) is 0.625. The first-order valence-electron chi connectivity index (χ1n) is 5.05. The highest BCUT2D eigenvalue weighted by Crippen LogP contribution is 2.21. The molecule has 0 aliphatic carbocycles. The van der Waals surface area contributed by atoms with E-state index in [1.807, 2.05) is 19.1 Å². The van der Waals surface area contributed by atoms with Crippen LogP contribution >= 0.6 is 0 Å². The Morgan fingerprint density at radius 1 is 1.44 bits per heavy atom. The second-order valence-corrected chi connectivity index (χ2v) is 3.85. The number of ether oxygens (including phenoxy) is 1. The lowest BCUT2D eigenvalue weighted by Gasteiger charge is -2.06. The molecule has 3 nitrogen and oxygen atoms in total. The van der Waals surface area contributed by atoms with Crippen LogP contribution in [0, 0.1) is 0 Å². The van der Waals surface area contributed by atoms with Crippen molar-refractivity contribution in [1.29, 1.82) is 0 Å². The summed E-state index contributed by atoms with van der Waals surface area (Å²) in [5.41, 5.74) is 2.55. The maximum atomic E-state index is 11.0. The van der Waals surface area contributed by atoms with Gasteiger partial charge < -0.3 is 9.84 Å². The molecule has 0 atom stereocenters. The van der Waals surface area contributed by atoms with Gasteiger partial charge in [0.15, 0.2) is 0 Å². The molecule has 1 aromatic carbocycles. The molecule has 0 aliphatic rings. The Morgan fingerprint density at radius 2 is 2.12 bits per heavy atom. The van der Waals surface area contributed by atoms with Crippen LogP contribution in [0.4, 0.5) is 0 Å². The Kier molecular flexibility index (Phi) is 4.11. The van der Waals surface area contributed by atoms with Gasteiger partial charge in [-0.05, 0) is 30.5 Å². The molecule has 0 aliphatic heterocycles. The second kappa shape index (κ2) is 5.35. The molecule has 1 rings (SSSR count). The predicted octanol–water partition coefficient (Wildman–Crippen LogP) is 2.23. The molecule has 0 amide bonds. The molecule has 0 saturated carbocycles. The van der Waals surface area contributed by atoms with Gasteiger partial charge in [0.25, 0.3) is 0 Å². The van der Waals surface area contributed by atoms with Crippen LogP contribution < -0.4 is 0 Å². The monoisotopic (exact) mass is 220 g/mol. The van der Waals surface area contributed by atoms with Crippen molar-refractivity contribution < 1.29 is 14.6 Å². The van der Waals surface area contributed by atoms with Gasteiger partial charge in [0.1, 0.15) is 5.75 Å². The SMILES string of the molecule is C=C(C)Cc1ccc(CC(=O)OC)cc1O. The Labute approximate surface area is 95.4 Å². The standard InChI is InChI=1S/C13H16O3/c1-9(2)6-11-5-4-10(7-12(11)14)8-13(15)16-3/h4-5,7,14H,1,6,8H2,2-3H3. The van der Waals surface area contributed by atoms with E-state index in [1.165, 1.54) is 7.11 Å². The van der Waals surface area contributed by atoms with Crippen molar-refractivity contribution in [2.45, 2.75) is 19.8 Å². The molecule has 0 fully saturated rings. The fourth-order valence-electron chi connectivity index (χ4n) is 1.43. The van der Waals surface area contributed by atoms with Crippen molar-refractivity contribution in [3.63, 3.8) is 0 Å². The summed E-state index contributed by atoms with van der Waals surface area (Å²) in [5.74, 6) is -0.114. The van der Waals surface area contributed by atoms with E-state index in [0.717, 1.165) is 16.7 Å². The van der Waals surface area contributed by atoms with Gasteiger partial charge in [0.05, 0.1) is 13.5 Å². The molecule has 0 unspecified atom stereocenters. The Balaban J connectivity index is 2.82. The average molecular weight is 220 g/mol. The highest BCUT2D eigenvalue weighted by molar-refractivity contribution is 5.72.